The largest absolute Gasteiger partial charge is 0.338 e. The van der Waals surface area contributed by atoms with Gasteiger partial charge in [-0.3, -0.25) is 4.79 Å². The molecule has 0 spiro atoms. The van der Waals surface area contributed by atoms with Gasteiger partial charge in [0.1, 0.15) is 5.82 Å². The van der Waals surface area contributed by atoms with Gasteiger partial charge in [0.25, 0.3) is 5.91 Å². The van der Waals surface area contributed by atoms with Crippen LogP contribution in [0.5, 0.6) is 0 Å². The topological polar surface area (TPSA) is 46.3 Å². The molecule has 0 saturated heterocycles. The van der Waals surface area contributed by atoms with Crippen LogP contribution in [0.4, 0.5) is 4.39 Å². The lowest BCUT2D eigenvalue weighted by molar-refractivity contribution is 0.0743. The Labute approximate surface area is 103 Å². The second-order valence-corrected chi connectivity index (χ2v) is 4.54. The zero-order chi connectivity index (χ0) is 12.3. The molecule has 0 bridgehead atoms. The lowest BCUT2D eigenvalue weighted by atomic mass is 10.1. The first-order chi connectivity index (χ1) is 7.47. The van der Waals surface area contributed by atoms with Gasteiger partial charge < -0.3 is 10.6 Å². The molecule has 0 aromatic heterocycles. The van der Waals surface area contributed by atoms with Crippen molar-refractivity contribution in [2.45, 2.75) is 13.0 Å². The van der Waals surface area contributed by atoms with Gasteiger partial charge in [-0.25, -0.2) is 4.39 Å². The SMILES string of the molecule is CC(CN)N(C)C(=O)c1cc(Br)ccc1F. The van der Waals surface area contributed by atoms with Gasteiger partial charge in [0, 0.05) is 24.1 Å². The molecular formula is C11H14BrFN2O. The van der Waals surface area contributed by atoms with E-state index in [9.17, 15) is 9.18 Å². The molecule has 1 atom stereocenters. The third-order valence-electron chi connectivity index (χ3n) is 2.48. The van der Waals surface area contributed by atoms with E-state index in [0.29, 0.717) is 11.0 Å². The molecule has 1 aromatic carbocycles. The van der Waals surface area contributed by atoms with Crippen molar-refractivity contribution in [3.05, 3.63) is 34.1 Å². The van der Waals surface area contributed by atoms with E-state index in [-0.39, 0.29) is 17.5 Å². The molecule has 3 nitrogen and oxygen atoms in total. The summed E-state index contributed by atoms with van der Waals surface area (Å²) in [6.07, 6.45) is 0. The number of hydrogen-bond acceptors (Lipinski definition) is 2. The van der Waals surface area contributed by atoms with E-state index >= 15 is 0 Å². The van der Waals surface area contributed by atoms with E-state index in [1.165, 1.54) is 17.0 Å². The maximum atomic E-state index is 13.4. The molecule has 0 aliphatic carbocycles. The van der Waals surface area contributed by atoms with Gasteiger partial charge in [-0.15, -0.1) is 0 Å². The van der Waals surface area contributed by atoms with E-state index in [0.717, 1.165) is 0 Å². The molecule has 0 fully saturated rings. The van der Waals surface area contributed by atoms with E-state index in [2.05, 4.69) is 15.9 Å². The van der Waals surface area contributed by atoms with Crippen molar-refractivity contribution in [3.63, 3.8) is 0 Å². The number of nitrogens with zero attached hydrogens (tertiary/aromatic N) is 1. The number of nitrogens with two attached hydrogens (primary N) is 1. The number of benzene rings is 1. The van der Waals surface area contributed by atoms with Gasteiger partial charge in [0.15, 0.2) is 0 Å². The van der Waals surface area contributed by atoms with Crippen LogP contribution in [-0.4, -0.2) is 30.4 Å². The molecule has 2 N–H and O–H groups in total. The molecule has 1 amide bonds. The van der Waals surface area contributed by atoms with E-state index < -0.39 is 5.82 Å². The molecule has 5 heteroatoms. The maximum absolute atomic E-state index is 13.4. The summed E-state index contributed by atoms with van der Waals surface area (Å²) in [7, 11) is 1.61. The zero-order valence-electron chi connectivity index (χ0n) is 9.21. The van der Waals surface area contributed by atoms with Crippen LogP contribution in [-0.2, 0) is 0 Å². The summed E-state index contributed by atoms with van der Waals surface area (Å²) in [5, 5.41) is 0. The number of halogens is 2. The van der Waals surface area contributed by atoms with Crippen molar-refractivity contribution in [3.8, 4) is 0 Å². The van der Waals surface area contributed by atoms with Crippen molar-refractivity contribution in [2.75, 3.05) is 13.6 Å². The highest BCUT2D eigenvalue weighted by Crippen LogP contribution is 2.17. The quantitative estimate of drug-likeness (QED) is 0.925. The minimum atomic E-state index is -0.524. The van der Waals surface area contributed by atoms with Crippen molar-refractivity contribution < 1.29 is 9.18 Å². The first-order valence-corrected chi connectivity index (χ1v) is 5.69. The Hall–Kier alpha value is -0.940. The summed E-state index contributed by atoms with van der Waals surface area (Å²) in [6.45, 7) is 2.16. The summed E-state index contributed by atoms with van der Waals surface area (Å²) < 4.78 is 14.1. The Bertz CT molecular complexity index is 398. The fourth-order valence-corrected chi connectivity index (χ4v) is 1.57. The molecule has 0 saturated carbocycles. The summed E-state index contributed by atoms with van der Waals surface area (Å²) in [5.74, 6) is -0.888. The van der Waals surface area contributed by atoms with Gasteiger partial charge in [-0.2, -0.15) is 0 Å². The molecule has 1 rings (SSSR count). The molecule has 1 unspecified atom stereocenters. The minimum Gasteiger partial charge on any atom is -0.338 e. The number of likely N-dealkylation sites (N-methyl/N-ethyl adjacent to an activating group) is 1. The van der Waals surface area contributed by atoms with Crippen LogP contribution in [0.25, 0.3) is 0 Å². The minimum absolute atomic E-state index is 0.0529. The Morgan fingerprint density at radius 1 is 1.62 bits per heavy atom. The fraction of sp³-hybridized carbons (Fsp3) is 0.364. The van der Waals surface area contributed by atoms with Crippen molar-refractivity contribution in [2.24, 2.45) is 5.73 Å². The number of hydrogen-bond donors (Lipinski definition) is 1. The summed E-state index contributed by atoms with van der Waals surface area (Å²) >= 11 is 3.21. The predicted octanol–water partition coefficient (Wildman–Crippen LogP) is 2.01. The average Bonchev–Trinajstić information content (AvgIpc) is 2.29. The molecule has 0 aliphatic heterocycles. The summed E-state index contributed by atoms with van der Waals surface area (Å²) in [4.78, 5) is 13.4. The first kappa shape index (κ1) is 13.1. The number of carbonyl (C=O) groups excluding carboxylic acids is 1. The number of rotatable bonds is 3. The average molecular weight is 289 g/mol. The van der Waals surface area contributed by atoms with Crippen LogP contribution in [0, 0.1) is 5.82 Å². The second-order valence-electron chi connectivity index (χ2n) is 3.62. The van der Waals surface area contributed by atoms with Crippen molar-refractivity contribution >= 4 is 21.8 Å². The van der Waals surface area contributed by atoms with Gasteiger partial charge in [0.05, 0.1) is 5.56 Å². The first-order valence-electron chi connectivity index (χ1n) is 4.89. The molecule has 16 heavy (non-hydrogen) atoms. The Morgan fingerprint density at radius 2 is 2.25 bits per heavy atom. The molecule has 0 heterocycles. The molecule has 0 aliphatic rings. The third-order valence-corrected chi connectivity index (χ3v) is 2.97. The third kappa shape index (κ3) is 2.80. The number of carbonyl (C=O) groups is 1. The van der Waals surface area contributed by atoms with Crippen LogP contribution < -0.4 is 5.73 Å². The monoisotopic (exact) mass is 288 g/mol. The normalized spacial score (nSPS) is 12.3. The maximum Gasteiger partial charge on any atom is 0.256 e. The number of amides is 1. The molecule has 0 radical (unpaired) electrons. The zero-order valence-corrected chi connectivity index (χ0v) is 10.8. The highest BCUT2D eigenvalue weighted by Gasteiger charge is 2.19. The van der Waals surface area contributed by atoms with Crippen LogP contribution >= 0.6 is 15.9 Å². The van der Waals surface area contributed by atoms with Gasteiger partial charge >= 0.3 is 0 Å². The summed E-state index contributed by atoms with van der Waals surface area (Å²) in [5.41, 5.74) is 5.51. The fourth-order valence-electron chi connectivity index (χ4n) is 1.21. The van der Waals surface area contributed by atoms with E-state index in [1.807, 2.05) is 6.92 Å². The molecule has 1 aromatic rings. The lowest BCUT2D eigenvalue weighted by Gasteiger charge is -2.23. The smallest absolute Gasteiger partial charge is 0.256 e. The van der Waals surface area contributed by atoms with Gasteiger partial charge in [0.2, 0.25) is 0 Å². The second kappa shape index (κ2) is 5.41. The van der Waals surface area contributed by atoms with E-state index in [1.54, 1.807) is 13.1 Å². The molecule has 88 valence electrons. The van der Waals surface area contributed by atoms with Crippen LogP contribution in [0.3, 0.4) is 0 Å². The Balaban J connectivity index is 3.00. The lowest BCUT2D eigenvalue weighted by Crippen LogP contribution is -2.40. The van der Waals surface area contributed by atoms with Crippen molar-refractivity contribution in [1.82, 2.24) is 4.90 Å². The van der Waals surface area contributed by atoms with Gasteiger partial charge in [-0.05, 0) is 25.1 Å². The Kier molecular flexibility index (Phi) is 4.44. The van der Waals surface area contributed by atoms with Crippen LogP contribution in [0.1, 0.15) is 17.3 Å². The van der Waals surface area contributed by atoms with Crippen molar-refractivity contribution in [1.29, 1.82) is 0 Å². The summed E-state index contributed by atoms with van der Waals surface area (Å²) in [6, 6.07) is 4.17. The molecular weight excluding hydrogens is 275 g/mol. The van der Waals surface area contributed by atoms with E-state index in [4.69, 9.17) is 5.73 Å². The van der Waals surface area contributed by atoms with Crippen LogP contribution in [0.2, 0.25) is 0 Å². The predicted molar refractivity (Wildman–Crippen MR) is 64.7 cm³/mol. The standard InChI is InChI=1S/C11H14BrFN2O/c1-7(6-14)15(2)11(16)9-5-8(12)3-4-10(9)13/h3-5,7H,6,14H2,1-2H3. The highest BCUT2D eigenvalue weighted by atomic mass is 79.9. The highest BCUT2D eigenvalue weighted by molar-refractivity contribution is 9.10. The van der Waals surface area contributed by atoms with Crippen LogP contribution in [0.15, 0.2) is 22.7 Å². The Morgan fingerprint density at radius 3 is 2.81 bits per heavy atom. The van der Waals surface area contributed by atoms with Gasteiger partial charge in [-0.1, -0.05) is 15.9 Å².